The van der Waals surface area contributed by atoms with Gasteiger partial charge in [0.05, 0.1) is 0 Å². The van der Waals surface area contributed by atoms with Crippen molar-refractivity contribution >= 4 is 15.9 Å². The van der Waals surface area contributed by atoms with Crippen LogP contribution < -0.4 is 5.73 Å². The van der Waals surface area contributed by atoms with Crippen molar-refractivity contribution in [1.29, 1.82) is 0 Å². The Hall–Kier alpha value is -1.20. The van der Waals surface area contributed by atoms with Crippen LogP contribution in [-0.4, -0.2) is 42.0 Å². The van der Waals surface area contributed by atoms with Gasteiger partial charge in [0.2, 0.25) is 0 Å². The minimum atomic E-state index is 0.117. The Kier molecular flexibility index (Phi) is 6.06. The molecule has 2 atom stereocenters. The minimum Gasteiger partial charge on any atom is -0.326 e. The molecule has 0 aliphatic carbocycles. The molecule has 0 saturated carbocycles. The summed E-state index contributed by atoms with van der Waals surface area (Å²) in [6.45, 7) is 7.46. The van der Waals surface area contributed by atoms with Gasteiger partial charge in [-0.2, -0.15) is 0 Å². The number of nitrogens with two attached hydrogens (primary N) is 1. The summed E-state index contributed by atoms with van der Waals surface area (Å²) < 4.78 is 1.11. The van der Waals surface area contributed by atoms with Crippen LogP contribution >= 0.6 is 15.9 Å². The van der Waals surface area contributed by atoms with Crippen molar-refractivity contribution in [2.75, 3.05) is 26.2 Å². The molecular formula is C20H26BrN3. The number of halogens is 1. The van der Waals surface area contributed by atoms with E-state index in [0.29, 0.717) is 0 Å². The van der Waals surface area contributed by atoms with Crippen LogP contribution in [0.1, 0.15) is 24.1 Å². The van der Waals surface area contributed by atoms with Gasteiger partial charge in [-0.05, 0) is 30.2 Å². The summed E-state index contributed by atoms with van der Waals surface area (Å²) in [4.78, 5) is 5.07. The number of piperazine rings is 1. The average Bonchev–Trinajstić information content (AvgIpc) is 2.59. The summed E-state index contributed by atoms with van der Waals surface area (Å²) in [5, 5.41) is 0. The summed E-state index contributed by atoms with van der Waals surface area (Å²) in [6, 6.07) is 19.7. The number of benzene rings is 2. The zero-order valence-corrected chi connectivity index (χ0v) is 15.8. The van der Waals surface area contributed by atoms with Gasteiger partial charge in [-0.3, -0.25) is 9.80 Å². The van der Waals surface area contributed by atoms with Gasteiger partial charge < -0.3 is 5.73 Å². The van der Waals surface area contributed by atoms with Crippen LogP contribution in [0.25, 0.3) is 0 Å². The van der Waals surface area contributed by atoms with Gasteiger partial charge >= 0.3 is 0 Å². The second-order valence-electron chi connectivity index (χ2n) is 6.65. The minimum absolute atomic E-state index is 0.117. The molecule has 2 N–H and O–H groups in total. The largest absolute Gasteiger partial charge is 0.326 e. The zero-order chi connectivity index (χ0) is 16.9. The third-order valence-electron chi connectivity index (χ3n) is 4.76. The topological polar surface area (TPSA) is 32.5 Å². The van der Waals surface area contributed by atoms with Gasteiger partial charge in [-0.1, -0.05) is 58.4 Å². The van der Waals surface area contributed by atoms with Crippen LogP contribution in [-0.2, 0) is 6.54 Å². The van der Waals surface area contributed by atoms with E-state index in [1.54, 1.807) is 0 Å². The molecule has 128 valence electrons. The average molecular weight is 388 g/mol. The van der Waals surface area contributed by atoms with E-state index in [-0.39, 0.29) is 12.1 Å². The highest BCUT2D eigenvalue weighted by atomic mass is 79.9. The van der Waals surface area contributed by atoms with E-state index in [1.165, 1.54) is 11.1 Å². The quantitative estimate of drug-likeness (QED) is 0.849. The monoisotopic (exact) mass is 387 g/mol. The van der Waals surface area contributed by atoms with E-state index in [2.05, 4.69) is 87.3 Å². The molecule has 2 aromatic carbocycles. The lowest BCUT2D eigenvalue weighted by atomic mass is 9.98. The summed E-state index contributed by atoms with van der Waals surface area (Å²) >= 11 is 3.52. The molecule has 1 aliphatic heterocycles. The zero-order valence-electron chi connectivity index (χ0n) is 14.2. The van der Waals surface area contributed by atoms with Gasteiger partial charge in [-0.25, -0.2) is 0 Å². The Balaban J connectivity index is 1.62. The first-order valence-corrected chi connectivity index (χ1v) is 9.44. The van der Waals surface area contributed by atoms with Crippen molar-refractivity contribution in [3.8, 4) is 0 Å². The van der Waals surface area contributed by atoms with Crippen LogP contribution in [0.2, 0.25) is 0 Å². The fraction of sp³-hybridized carbons (Fsp3) is 0.400. The third kappa shape index (κ3) is 4.45. The molecule has 24 heavy (non-hydrogen) atoms. The Morgan fingerprint density at radius 2 is 1.58 bits per heavy atom. The van der Waals surface area contributed by atoms with Crippen LogP contribution in [0, 0.1) is 0 Å². The molecule has 1 aliphatic rings. The Bertz CT molecular complexity index is 619. The van der Waals surface area contributed by atoms with Crippen molar-refractivity contribution in [1.82, 2.24) is 9.80 Å². The van der Waals surface area contributed by atoms with Crippen LogP contribution in [0.15, 0.2) is 59.1 Å². The smallest absolute Gasteiger partial charge is 0.0497 e. The molecule has 1 saturated heterocycles. The maximum absolute atomic E-state index is 6.33. The van der Waals surface area contributed by atoms with Crippen LogP contribution in [0.5, 0.6) is 0 Å². The van der Waals surface area contributed by atoms with E-state index in [4.69, 9.17) is 5.73 Å². The summed E-state index contributed by atoms with van der Waals surface area (Å²) in [6.07, 6.45) is 0. The Morgan fingerprint density at radius 3 is 2.17 bits per heavy atom. The van der Waals surface area contributed by atoms with Crippen LogP contribution in [0.4, 0.5) is 0 Å². The van der Waals surface area contributed by atoms with Gasteiger partial charge in [0.15, 0.2) is 0 Å². The molecule has 2 aromatic rings. The van der Waals surface area contributed by atoms with Crippen molar-refractivity contribution in [3.05, 3.63) is 70.2 Å². The molecule has 1 fully saturated rings. The van der Waals surface area contributed by atoms with Crippen molar-refractivity contribution in [2.45, 2.75) is 25.6 Å². The summed E-state index contributed by atoms with van der Waals surface area (Å²) in [7, 11) is 0. The number of hydrogen-bond donors (Lipinski definition) is 1. The molecule has 4 heteroatoms. The van der Waals surface area contributed by atoms with E-state index in [1.807, 2.05) is 0 Å². The molecular weight excluding hydrogens is 362 g/mol. The van der Waals surface area contributed by atoms with Crippen molar-refractivity contribution < 1.29 is 0 Å². The standard InChI is InChI=1S/C20H26BrN3/c1-16(22)20(18-7-9-19(21)10-8-18)24-13-11-23(12-14-24)15-17-5-3-2-4-6-17/h2-10,16,20H,11-15,22H2,1H3. The second-order valence-corrected chi connectivity index (χ2v) is 7.57. The van der Waals surface area contributed by atoms with E-state index >= 15 is 0 Å². The molecule has 3 nitrogen and oxygen atoms in total. The molecule has 0 bridgehead atoms. The molecule has 0 aromatic heterocycles. The summed E-state index contributed by atoms with van der Waals surface area (Å²) in [5.41, 5.74) is 9.03. The van der Waals surface area contributed by atoms with Crippen molar-refractivity contribution in [3.63, 3.8) is 0 Å². The first kappa shape index (κ1) is 17.6. The van der Waals surface area contributed by atoms with E-state index in [0.717, 1.165) is 37.2 Å². The maximum atomic E-state index is 6.33. The Morgan fingerprint density at radius 1 is 0.958 bits per heavy atom. The highest BCUT2D eigenvalue weighted by molar-refractivity contribution is 9.10. The number of nitrogens with zero attached hydrogens (tertiary/aromatic N) is 2. The first-order chi connectivity index (χ1) is 11.6. The van der Waals surface area contributed by atoms with Gasteiger partial charge in [-0.15, -0.1) is 0 Å². The summed E-state index contributed by atoms with van der Waals surface area (Å²) in [5.74, 6) is 0. The SMILES string of the molecule is CC(N)C(c1ccc(Br)cc1)N1CCN(Cc2ccccc2)CC1. The predicted octanol–water partition coefficient (Wildman–Crippen LogP) is 3.66. The Labute approximate surface area is 153 Å². The normalized spacial score (nSPS) is 19.1. The molecule has 3 rings (SSSR count). The molecule has 1 heterocycles. The van der Waals surface area contributed by atoms with E-state index in [9.17, 15) is 0 Å². The maximum Gasteiger partial charge on any atom is 0.0497 e. The first-order valence-electron chi connectivity index (χ1n) is 8.65. The second kappa shape index (κ2) is 8.26. The lowest BCUT2D eigenvalue weighted by molar-refractivity contribution is 0.0829. The predicted molar refractivity (Wildman–Crippen MR) is 104 cm³/mol. The third-order valence-corrected chi connectivity index (χ3v) is 5.29. The number of rotatable bonds is 5. The molecule has 2 unspecified atom stereocenters. The van der Waals surface area contributed by atoms with Crippen LogP contribution in [0.3, 0.4) is 0 Å². The number of hydrogen-bond acceptors (Lipinski definition) is 3. The highest BCUT2D eigenvalue weighted by Gasteiger charge is 2.27. The van der Waals surface area contributed by atoms with Crippen molar-refractivity contribution in [2.24, 2.45) is 5.73 Å². The fourth-order valence-electron chi connectivity index (χ4n) is 3.55. The lowest BCUT2D eigenvalue weighted by Crippen LogP contribution is -2.50. The molecule has 0 spiro atoms. The van der Waals surface area contributed by atoms with Gasteiger partial charge in [0, 0.05) is 49.3 Å². The lowest BCUT2D eigenvalue weighted by Gasteiger charge is -2.41. The highest BCUT2D eigenvalue weighted by Crippen LogP contribution is 2.26. The molecule has 0 amide bonds. The fourth-order valence-corrected chi connectivity index (χ4v) is 3.81. The van der Waals surface area contributed by atoms with E-state index < -0.39 is 0 Å². The molecule has 0 radical (unpaired) electrons. The van der Waals surface area contributed by atoms with Gasteiger partial charge in [0.1, 0.15) is 0 Å². The van der Waals surface area contributed by atoms with Gasteiger partial charge in [0.25, 0.3) is 0 Å².